The summed E-state index contributed by atoms with van der Waals surface area (Å²) in [7, 11) is 0. The van der Waals surface area contributed by atoms with E-state index in [4.69, 9.17) is 0 Å². The Bertz CT molecular complexity index is 675. The molecule has 1 aliphatic heterocycles. The van der Waals surface area contributed by atoms with Crippen LogP contribution >= 0.6 is 0 Å². The van der Waals surface area contributed by atoms with Gasteiger partial charge < -0.3 is 5.32 Å². The van der Waals surface area contributed by atoms with E-state index in [-0.39, 0.29) is 5.91 Å². The molecule has 1 amide bonds. The molecule has 3 nitrogen and oxygen atoms in total. The van der Waals surface area contributed by atoms with E-state index in [1.807, 2.05) is 30.5 Å². The van der Waals surface area contributed by atoms with Crippen molar-refractivity contribution in [2.24, 2.45) is 0 Å². The highest BCUT2D eigenvalue weighted by molar-refractivity contribution is 5.94. The molecule has 0 atom stereocenters. The Labute approximate surface area is 118 Å². The van der Waals surface area contributed by atoms with Crippen LogP contribution in [0.15, 0.2) is 42.7 Å². The number of pyridine rings is 1. The zero-order valence-corrected chi connectivity index (χ0v) is 11.4. The van der Waals surface area contributed by atoms with Gasteiger partial charge in [-0.25, -0.2) is 0 Å². The maximum atomic E-state index is 11.4. The summed E-state index contributed by atoms with van der Waals surface area (Å²) < 4.78 is 0. The Morgan fingerprint density at radius 2 is 2.20 bits per heavy atom. The third-order valence-electron chi connectivity index (χ3n) is 3.52. The topological polar surface area (TPSA) is 42.0 Å². The number of benzene rings is 1. The number of aromatic nitrogens is 1. The van der Waals surface area contributed by atoms with Crippen molar-refractivity contribution in [1.29, 1.82) is 0 Å². The summed E-state index contributed by atoms with van der Waals surface area (Å²) in [5.74, 6) is 0.105. The van der Waals surface area contributed by atoms with Crippen LogP contribution in [0.4, 0.5) is 5.69 Å². The first-order valence-electron chi connectivity index (χ1n) is 6.74. The molecule has 100 valence electrons. The molecule has 1 aromatic carbocycles. The smallest absolute Gasteiger partial charge is 0.224 e. The molecule has 2 aromatic rings. The van der Waals surface area contributed by atoms with E-state index in [2.05, 4.69) is 29.4 Å². The molecule has 0 saturated carbocycles. The SMILES string of the molecule is C/C(=C\c1cccnc1)c1ccc2c(c1)CCC(=O)N2. The van der Waals surface area contributed by atoms with Crippen LogP contribution in [0.1, 0.15) is 30.0 Å². The molecule has 1 N–H and O–H groups in total. The van der Waals surface area contributed by atoms with Crippen LogP contribution < -0.4 is 5.32 Å². The minimum absolute atomic E-state index is 0.105. The van der Waals surface area contributed by atoms with E-state index in [1.54, 1.807) is 6.20 Å². The number of carbonyl (C=O) groups excluding carboxylic acids is 1. The fraction of sp³-hybridized carbons (Fsp3) is 0.176. The van der Waals surface area contributed by atoms with Gasteiger partial charge in [-0.15, -0.1) is 0 Å². The van der Waals surface area contributed by atoms with Crippen LogP contribution in [0.3, 0.4) is 0 Å². The molecule has 0 unspecified atom stereocenters. The van der Waals surface area contributed by atoms with E-state index in [0.29, 0.717) is 6.42 Å². The van der Waals surface area contributed by atoms with Crippen LogP contribution in [0.5, 0.6) is 0 Å². The number of aryl methyl sites for hydroxylation is 1. The maximum Gasteiger partial charge on any atom is 0.224 e. The van der Waals surface area contributed by atoms with Gasteiger partial charge in [0, 0.05) is 24.5 Å². The highest BCUT2D eigenvalue weighted by Crippen LogP contribution is 2.27. The van der Waals surface area contributed by atoms with Crippen molar-refractivity contribution in [2.45, 2.75) is 19.8 Å². The zero-order chi connectivity index (χ0) is 13.9. The van der Waals surface area contributed by atoms with Crippen LogP contribution in [0.25, 0.3) is 11.6 Å². The van der Waals surface area contributed by atoms with Gasteiger partial charge in [0.2, 0.25) is 5.91 Å². The zero-order valence-electron chi connectivity index (χ0n) is 11.4. The van der Waals surface area contributed by atoms with Gasteiger partial charge in [0.05, 0.1) is 0 Å². The maximum absolute atomic E-state index is 11.4. The van der Waals surface area contributed by atoms with Gasteiger partial charge in [-0.05, 0) is 59.9 Å². The molecule has 0 aliphatic carbocycles. The second kappa shape index (κ2) is 5.29. The third-order valence-corrected chi connectivity index (χ3v) is 3.52. The quantitative estimate of drug-likeness (QED) is 0.901. The summed E-state index contributed by atoms with van der Waals surface area (Å²) >= 11 is 0. The summed E-state index contributed by atoms with van der Waals surface area (Å²) in [6, 6.07) is 10.2. The summed E-state index contributed by atoms with van der Waals surface area (Å²) in [5.41, 5.74) is 5.62. The van der Waals surface area contributed by atoms with Gasteiger partial charge >= 0.3 is 0 Å². The Morgan fingerprint density at radius 1 is 1.30 bits per heavy atom. The molecule has 0 spiro atoms. The lowest BCUT2D eigenvalue weighted by Crippen LogP contribution is -2.18. The molecule has 0 saturated heterocycles. The first kappa shape index (κ1) is 12.6. The van der Waals surface area contributed by atoms with Crippen LogP contribution in [-0.4, -0.2) is 10.9 Å². The molecular weight excluding hydrogens is 248 g/mol. The van der Waals surface area contributed by atoms with Crippen molar-refractivity contribution in [3.63, 3.8) is 0 Å². The normalized spacial score (nSPS) is 14.7. The highest BCUT2D eigenvalue weighted by atomic mass is 16.1. The Hall–Kier alpha value is -2.42. The summed E-state index contributed by atoms with van der Waals surface area (Å²) in [6.45, 7) is 2.09. The second-order valence-electron chi connectivity index (χ2n) is 5.03. The van der Waals surface area contributed by atoms with Gasteiger partial charge in [0.15, 0.2) is 0 Å². The van der Waals surface area contributed by atoms with Crippen molar-refractivity contribution in [2.75, 3.05) is 5.32 Å². The van der Waals surface area contributed by atoms with Gasteiger partial charge in [0.1, 0.15) is 0 Å². The standard InChI is InChI=1S/C17H16N2O/c1-12(9-13-3-2-8-18-11-13)14-4-6-16-15(10-14)5-7-17(20)19-16/h2-4,6,8-11H,5,7H2,1H3,(H,19,20)/b12-9+. The molecule has 20 heavy (non-hydrogen) atoms. The minimum atomic E-state index is 0.105. The Balaban J connectivity index is 1.91. The average Bonchev–Trinajstić information content (AvgIpc) is 2.47. The molecule has 0 bridgehead atoms. The van der Waals surface area contributed by atoms with Crippen molar-refractivity contribution >= 4 is 23.2 Å². The predicted octanol–water partition coefficient (Wildman–Crippen LogP) is 3.53. The number of hydrogen-bond acceptors (Lipinski definition) is 2. The number of allylic oxidation sites excluding steroid dienone is 1. The van der Waals surface area contributed by atoms with Crippen molar-refractivity contribution in [3.8, 4) is 0 Å². The number of carbonyl (C=O) groups is 1. The van der Waals surface area contributed by atoms with Gasteiger partial charge in [-0.1, -0.05) is 12.1 Å². The first-order chi connectivity index (χ1) is 9.72. The summed E-state index contributed by atoms with van der Waals surface area (Å²) in [5, 5.41) is 2.91. The summed E-state index contributed by atoms with van der Waals surface area (Å²) in [4.78, 5) is 15.5. The van der Waals surface area contributed by atoms with Gasteiger partial charge in [-0.3, -0.25) is 9.78 Å². The molecular formula is C17H16N2O. The van der Waals surface area contributed by atoms with E-state index in [1.165, 1.54) is 16.7 Å². The van der Waals surface area contributed by atoms with E-state index in [0.717, 1.165) is 17.7 Å². The Kier molecular flexibility index (Phi) is 3.33. The van der Waals surface area contributed by atoms with Crippen molar-refractivity contribution in [1.82, 2.24) is 4.98 Å². The fourth-order valence-electron chi connectivity index (χ4n) is 2.42. The number of fused-ring (bicyclic) bond motifs is 1. The number of amides is 1. The number of anilines is 1. The number of rotatable bonds is 2. The molecule has 3 heteroatoms. The van der Waals surface area contributed by atoms with Gasteiger partial charge in [0.25, 0.3) is 0 Å². The molecule has 3 rings (SSSR count). The lowest BCUT2D eigenvalue weighted by molar-refractivity contribution is -0.116. The monoisotopic (exact) mass is 264 g/mol. The van der Waals surface area contributed by atoms with Gasteiger partial charge in [-0.2, -0.15) is 0 Å². The number of nitrogens with zero attached hydrogens (tertiary/aromatic N) is 1. The highest BCUT2D eigenvalue weighted by Gasteiger charge is 2.14. The molecule has 1 aliphatic rings. The molecule has 0 fully saturated rings. The molecule has 2 heterocycles. The lowest BCUT2D eigenvalue weighted by atomic mass is 9.97. The van der Waals surface area contributed by atoms with Crippen LogP contribution in [0, 0.1) is 0 Å². The average molecular weight is 264 g/mol. The number of nitrogens with one attached hydrogen (secondary N) is 1. The van der Waals surface area contributed by atoms with Crippen molar-refractivity contribution in [3.05, 3.63) is 59.4 Å². The lowest BCUT2D eigenvalue weighted by Gasteiger charge is -2.17. The fourth-order valence-corrected chi connectivity index (χ4v) is 2.42. The molecule has 1 aromatic heterocycles. The Morgan fingerprint density at radius 3 is 3.00 bits per heavy atom. The van der Waals surface area contributed by atoms with E-state index < -0.39 is 0 Å². The van der Waals surface area contributed by atoms with E-state index in [9.17, 15) is 4.79 Å². The predicted molar refractivity (Wildman–Crippen MR) is 81.2 cm³/mol. The van der Waals surface area contributed by atoms with E-state index >= 15 is 0 Å². The minimum Gasteiger partial charge on any atom is -0.326 e. The van der Waals surface area contributed by atoms with Crippen LogP contribution in [0.2, 0.25) is 0 Å². The van der Waals surface area contributed by atoms with Crippen LogP contribution in [-0.2, 0) is 11.2 Å². The number of hydrogen-bond donors (Lipinski definition) is 1. The third kappa shape index (κ3) is 2.62. The van der Waals surface area contributed by atoms with Crippen molar-refractivity contribution < 1.29 is 4.79 Å². The second-order valence-corrected chi connectivity index (χ2v) is 5.03. The summed E-state index contributed by atoms with van der Waals surface area (Å²) in [6.07, 6.45) is 7.13. The largest absolute Gasteiger partial charge is 0.326 e. The first-order valence-corrected chi connectivity index (χ1v) is 6.74. The molecule has 0 radical (unpaired) electrons.